The minimum atomic E-state index is -0.897. The predicted molar refractivity (Wildman–Crippen MR) is 196 cm³/mol. The summed E-state index contributed by atoms with van der Waals surface area (Å²) in [7, 11) is 0. The second-order valence-electron chi connectivity index (χ2n) is 12.0. The maximum absolute atomic E-state index is 14.0. The second-order valence-corrected chi connectivity index (χ2v) is 12.0. The Balaban J connectivity index is 1.42. The number of hydrogen-bond donors (Lipinski definition) is 2. The standard InChI is InChI=1S/C43H33N5O/c49-40-38-39(48(31-44-38)43(35-25-13-4-14-26-35,36-27-15-5-16-28-36)37-29-17-6-18-30-37)45-41(46-40)47-42(32-19-7-1-8-20-32,33-21-9-2-10-22-33)34-23-11-3-12-24-34/h1-31H,(H2,45,46,47,49). The van der Waals surface area contributed by atoms with E-state index in [0.717, 1.165) is 33.4 Å². The highest BCUT2D eigenvalue weighted by atomic mass is 16.1. The molecule has 0 atom stereocenters. The molecule has 6 heteroatoms. The summed E-state index contributed by atoms with van der Waals surface area (Å²) in [5, 5.41) is 3.75. The van der Waals surface area contributed by atoms with Gasteiger partial charge in [-0.25, -0.2) is 4.98 Å². The van der Waals surface area contributed by atoms with Gasteiger partial charge in [-0.3, -0.25) is 14.3 Å². The van der Waals surface area contributed by atoms with Crippen LogP contribution in [0.15, 0.2) is 193 Å². The number of nitrogens with one attached hydrogen (secondary N) is 2. The molecule has 236 valence electrons. The molecule has 49 heavy (non-hydrogen) atoms. The number of fused-ring (bicyclic) bond motifs is 1. The van der Waals surface area contributed by atoms with Gasteiger partial charge >= 0.3 is 0 Å². The van der Waals surface area contributed by atoms with E-state index in [1.165, 1.54) is 0 Å². The van der Waals surface area contributed by atoms with Crippen LogP contribution in [-0.2, 0) is 11.1 Å². The summed E-state index contributed by atoms with van der Waals surface area (Å²) in [6, 6.07) is 61.7. The molecule has 2 N–H and O–H groups in total. The number of benzene rings is 6. The van der Waals surface area contributed by atoms with Crippen molar-refractivity contribution in [3.63, 3.8) is 0 Å². The summed E-state index contributed by atoms with van der Waals surface area (Å²) in [4.78, 5) is 27.0. The van der Waals surface area contributed by atoms with Gasteiger partial charge in [-0.1, -0.05) is 182 Å². The second kappa shape index (κ2) is 12.6. The van der Waals surface area contributed by atoms with Crippen LogP contribution in [-0.4, -0.2) is 19.5 Å². The summed E-state index contributed by atoms with van der Waals surface area (Å²) in [5.74, 6) is 0.318. The van der Waals surface area contributed by atoms with Gasteiger partial charge in [0.25, 0.3) is 5.56 Å². The zero-order valence-electron chi connectivity index (χ0n) is 26.6. The van der Waals surface area contributed by atoms with Crippen molar-refractivity contribution in [2.24, 2.45) is 0 Å². The number of rotatable bonds is 9. The van der Waals surface area contributed by atoms with Crippen molar-refractivity contribution >= 4 is 17.1 Å². The predicted octanol–water partition coefficient (Wildman–Crippen LogP) is 8.36. The zero-order valence-corrected chi connectivity index (χ0v) is 26.6. The van der Waals surface area contributed by atoms with Crippen LogP contribution in [0.25, 0.3) is 11.2 Å². The fraction of sp³-hybridized carbons (Fsp3) is 0.0465. The minimum Gasteiger partial charge on any atom is -0.338 e. The Morgan fingerprint density at radius 2 is 0.837 bits per heavy atom. The van der Waals surface area contributed by atoms with Gasteiger partial charge in [-0.2, -0.15) is 4.98 Å². The van der Waals surface area contributed by atoms with E-state index in [0.29, 0.717) is 11.6 Å². The molecule has 0 radical (unpaired) electrons. The van der Waals surface area contributed by atoms with Crippen molar-refractivity contribution in [1.82, 2.24) is 19.5 Å². The number of imidazole rings is 1. The Hall–Kier alpha value is -6.53. The lowest BCUT2D eigenvalue weighted by molar-refractivity contribution is 0.526. The largest absolute Gasteiger partial charge is 0.338 e. The van der Waals surface area contributed by atoms with Crippen LogP contribution in [0, 0.1) is 0 Å². The average molecular weight is 636 g/mol. The highest BCUT2D eigenvalue weighted by molar-refractivity contribution is 5.74. The number of hydrogen-bond acceptors (Lipinski definition) is 4. The number of nitrogens with zero attached hydrogens (tertiary/aromatic N) is 3. The summed E-state index contributed by atoms with van der Waals surface area (Å²) in [5.41, 5.74) is 4.59. The van der Waals surface area contributed by atoms with Crippen molar-refractivity contribution < 1.29 is 0 Å². The molecule has 8 aromatic rings. The molecule has 0 aliphatic rings. The Kier molecular flexibility index (Phi) is 7.66. The lowest BCUT2D eigenvalue weighted by Crippen LogP contribution is -2.40. The Morgan fingerprint density at radius 3 is 1.20 bits per heavy atom. The van der Waals surface area contributed by atoms with Crippen molar-refractivity contribution in [1.29, 1.82) is 0 Å². The van der Waals surface area contributed by atoms with Crippen molar-refractivity contribution in [2.45, 2.75) is 11.1 Å². The van der Waals surface area contributed by atoms with Gasteiger partial charge in [0.15, 0.2) is 11.2 Å². The molecule has 0 spiro atoms. The molecule has 0 aliphatic carbocycles. The molecule has 8 rings (SSSR count). The molecule has 0 unspecified atom stereocenters. The number of aromatic amines is 1. The number of aromatic nitrogens is 4. The van der Waals surface area contributed by atoms with Crippen LogP contribution < -0.4 is 10.9 Å². The van der Waals surface area contributed by atoms with E-state index in [9.17, 15) is 4.79 Å². The van der Waals surface area contributed by atoms with Gasteiger partial charge in [0.1, 0.15) is 11.1 Å². The van der Waals surface area contributed by atoms with E-state index in [1.807, 2.05) is 114 Å². The molecular weight excluding hydrogens is 603 g/mol. The maximum atomic E-state index is 14.0. The van der Waals surface area contributed by atoms with Gasteiger partial charge in [0, 0.05) is 0 Å². The van der Waals surface area contributed by atoms with E-state index in [1.54, 1.807) is 6.33 Å². The first-order valence-electron chi connectivity index (χ1n) is 16.3. The smallest absolute Gasteiger partial charge is 0.280 e. The first kappa shape index (κ1) is 29.8. The third-order valence-corrected chi connectivity index (χ3v) is 9.27. The maximum Gasteiger partial charge on any atom is 0.280 e. The summed E-state index contributed by atoms with van der Waals surface area (Å²) >= 11 is 0. The fourth-order valence-electron chi connectivity index (χ4n) is 7.13. The third-order valence-electron chi connectivity index (χ3n) is 9.27. The van der Waals surface area contributed by atoms with E-state index in [-0.39, 0.29) is 11.1 Å². The Morgan fingerprint density at radius 1 is 0.490 bits per heavy atom. The lowest BCUT2D eigenvalue weighted by Gasteiger charge is -2.38. The molecule has 2 heterocycles. The summed E-state index contributed by atoms with van der Waals surface area (Å²) in [6.07, 6.45) is 1.74. The van der Waals surface area contributed by atoms with Crippen LogP contribution in [0.5, 0.6) is 0 Å². The topological polar surface area (TPSA) is 75.6 Å². The minimum absolute atomic E-state index is 0.252. The van der Waals surface area contributed by atoms with Crippen LogP contribution in [0.2, 0.25) is 0 Å². The van der Waals surface area contributed by atoms with Gasteiger partial charge in [0.2, 0.25) is 5.95 Å². The molecule has 0 amide bonds. The van der Waals surface area contributed by atoms with Gasteiger partial charge in [-0.05, 0) is 33.4 Å². The highest BCUT2D eigenvalue weighted by Gasteiger charge is 2.41. The van der Waals surface area contributed by atoms with Crippen LogP contribution in [0.4, 0.5) is 5.95 Å². The molecule has 0 aliphatic heterocycles. The molecule has 6 aromatic carbocycles. The van der Waals surface area contributed by atoms with Crippen LogP contribution >= 0.6 is 0 Å². The first-order valence-corrected chi connectivity index (χ1v) is 16.3. The fourth-order valence-corrected chi connectivity index (χ4v) is 7.13. The molecule has 0 fully saturated rings. The van der Waals surface area contributed by atoms with Crippen molar-refractivity contribution in [2.75, 3.05) is 5.32 Å². The average Bonchev–Trinajstić information content (AvgIpc) is 3.61. The Labute approximate surface area is 284 Å². The molecule has 0 saturated heterocycles. The lowest BCUT2D eigenvalue weighted by atomic mass is 9.76. The van der Waals surface area contributed by atoms with E-state index in [4.69, 9.17) is 9.97 Å². The monoisotopic (exact) mass is 635 g/mol. The molecular formula is C43H33N5O. The Bertz CT molecular complexity index is 2160. The number of H-pyrrole nitrogens is 1. The first-order chi connectivity index (χ1) is 24.2. The van der Waals surface area contributed by atoms with Crippen LogP contribution in [0.3, 0.4) is 0 Å². The normalized spacial score (nSPS) is 11.8. The molecule has 0 saturated carbocycles. The van der Waals surface area contributed by atoms with E-state index >= 15 is 0 Å². The highest BCUT2D eigenvalue weighted by Crippen LogP contribution is 2.43. The van der Waals surface area contributed by atoms with Crippen molar-refractivity contribution in [3.8, 4) is 0 Å². The quantitative estimate of drug-likeness (QED) is 0.156. The van der Waals surface area contributed by atoms with E-state index < -0.39 is 11.1 Å². The molecule has 2 aromatic heterocycles. The SMILES string of the molecule is O=c1[nH]c(NC(c2ccccc2)(c2ccccc2)c2ccccc2)nc2c1ncn2C(c1ccccc1)(c1ccccc1)c1ccccc1. The van der Waals surface area contributed by atoms with Crippen molar-refractivity contribution in [3.05, 3.63) is 232 Å². The molecule has 0 bridgehead atoms. The zero-order chi connectivity index (χ0) is 33.1. The summed E-state index contributed by atoms with van der Waals surface area (Å²) < 4.78 is 2.04. The third kappa shape index (κ3) is 5.02. The molecule has 6 nitrogen and oxygen atoms in total. The van der Waals surface area contributed by atoms with Gasteiger partial charge in [0.05, 0.1) is 6.33 Å². The summed E-state index contributed by atoms with van der Waals surface area (Å²) in [6.45, 7) is 0. The van der Waals surface area contributed by atoms with E-state index in [2.05, 4.69) is 83.1 Å². The number of anilines is 1. The van der Waals surface area contributed by atoms with Gasteiger partial charge < -0.3 is 5.32 Å². The van der Waals surface area contributed by atoms with Crippen LogP contribution in [0.1, 0.15) is 33.4 Å². The van der Waals surface area contributed by atoms with Gasteiger partial charge in [-0.15, -0.1) is 0 Å².